The van der Waals surface area contributed by atoms with Gasteiger partial charge in [0.2, 0.25) is 0 Å². The molecule has 0 aromatic carbocycles. The summed E-state index contributed by atoms with van der Waals surface area (Å²) in [6, 6.07) is 0. The zero-order chi connectivity index (χ0) is 98.7. The lowest BCUT2D eigenvalue weighted by atomic mass is 9.94. The van der Waals surface area contributed by atoms with E-state index in [2.05, 4.69) is 60.3 Å². The van der Waals surface area contributed by atoms with Crippen LogP contribution in [0.15, 0.2) is 88.6 Å². The highest BCUT2D eigenvalue weighted by Crippen LogP contribution is 2.60. The van der Waals surface area contributed by atoms with Crippen molar-refractivity contribution >= 4 is 113 Å². The molecule has 0 amide bonds. The molecule has 130 heavy (non-hydrogen) atoms. The molecule has 732 valence electrons. The van der Waals surface area contributed by atoms with Gasteiger partial charge >= 0.3 is 95.5 Å². The molecular weight excluding hydrogens is 1740 g/mol. The summed E-state index contributed by atoms with van der Waals surface area (Å²) in [7, 11) is 3.72. The third-order valence-electron chi connectivity index (χ3n) is 21.7. The summed E-state index contributed by atoms with van der Waals surface area (Å²) in [5.41, 5.74) is -8.65. The largest absolute Gasteiger partial charge is 0.481 e. The van der Waals surface area contributed by atoms with E-state index in [4.69, 9.17) is 98.1 Å². The standard InChI is InChI=1S/C15H20O8.C15H24O5.C12H18O6.C12H16O6.C12H18O5S.C12H18O5.C11H16O5/c1-3-10-9-15(10,13(19)21-4-2)14(20)23-8-7-22-12(18)6-5-11(16)17;1-3-5-6-13(17)15(11-12(15)4-2)14(18)20-10-9-19-8-7-16;1-3-8-6-12(8,10(15)17-2)11(16)18-5-4-9(14)7-13;1-3-8-7-12(8,10(15)17-4-2)11(16)18-6-5-9(13)14;1-3-9-8-12(9,10(14)16-2)11(15)17-5-7-18-6-4-13;1-3-9-8-12(9,10(14)16-2)11(15)17-7-5-4-6-13;1-2-8-7-11(8,9(13)14)10(15)16-6-4-3-5-12/h3,10H,1,4-9H2,2H3,(H,16,17);4,12,16H,2-3,5-11H2,1H3;3,8-9,13-14H,1,4-7H2,2H3;3,8H,1,4-7H2,2H3,(H,13,14);3,9,13H,1,4-8H2,2H3;3,9,13H,1,4-8H2,2H3;2,8,12H,1,3-7H2,(H,13,14). The number of carbonyl (C=O) groups excluding carboxylic acids is 14. The van der Waals surface area contributed by atoms with Crippen LogP contribution < -0.4 is 0 Å². The van der Waals surface area contributed by atoms with Crippen LogP contribution in [0.5, 0.6) is 0 Å². The highest BCUT2D eigenvalue weighted by Gasteiger charge is 2.71. The number of ketones is 1. The number of thioether (sulfide) groups is 1. The first-order valence-corrected chi connectivity index (χ1v) is 43.5. The summed E-state index contributed by atoms with van der Waals surface area (Å²) < 4.78 is 68.2. The Bertz CT molecular complexity index is 3860. The first-order chi connectivity index (χ1) is 61.9. The van der Waals surface area contributed by atoms with Crippen LogP contribution >= 0.6 is 11.8 Å². The van der Waals surface area contributed by atoms with Gasteiger partial charge in [-0.2, -0.15) is 11.8 Å². The van der Waals surface area contributed by atoms with Gasteiger partial charge < -0.3 is 112 Å². The average Bonchev–Trinajstić information content (AvgIpc) is 1.61. The molecular formula is C89H130O40S. The van der Waals surface area contributed by atoms with Crippen LogP contribution in [0, 0.1) is 79.3 Å². The van der Waals surface area contributed by atoms with Crippen molar-refractivity contribution in [2.75, 3.05) is 145 Å². The van der Waals surface area contributed by atoms with Crippen LogP contribution in [-0.4, -0.2) is 299 Å². The minimum absolute atomic E-state index is 0.0365. The Morgan fingerprint density at radius 3 is 0.985 bits per heavy atom. The van der Waals surface area contributed by atoms with Gasteiger partial charge in [0.1, 0.15) is 38.4 Å². The Balaban J connectivity index is 0.000000760. The van der Waals surface area contributed by atoms with Crippen LogP contribution in [0.3, 0.4) is 0 Å². The van der Waals surface area contributed by atoms with Crippen LogP contribution in [-0.2, 0) is 148 Å². The highest BCUT2D eigenvalue weighted by molar-refractivity contribution is 7.99. The molecule has 7 rings (SSSR count). The van der Waals surface area contributed by atoms with Gasteiger partial charge in [-0.15, -0.1) is 46.1 Å². The lowest BCUT2D eigenvalue weighted by molar-refractivity contribution is -0.168. The third kappa shape index (κ3) is 33.4. The summed E-state index contributed by atoms with van der Waals surface area (Å²) in [4.78, 5) is 197. The van der Waals surface area contributed by atoms with E-state index in [1.165, 1.54) is 57.4 Å². The number of aliphatic hydroxyl groups excluding tert-OH is 6. The lowest BCUT2D eigenvalue weighted by Gasteiger charge is -2.14. The molecule has 40 nitrogen and oxygen atoms in total. The molecule has 9 N–H and O–H groups in total. The number of aliphatic carboxylic acids is 3. The zero-order valence-corrected chi connectivity index (χ0v) is 75.7. The Labute approximate surface area is 759 Å². The molecule has 0 radical (unpaired) electrons. The first kappa shape index (κ1) is 117. The SMILES string of the molecule is C=CC1CC1(C(=O)CCCC)C(=O)OCCOCCO.C=CC1CC1(C(=O)O)C(=O)OCCCCO.C=CC1CC1(C(=O)OC)C(=O)OCCC(O)CO.C=CC1CC1(C(=O)OC)C(=O)OCCCCO.C=CC1CC1(C(=O)OC)C(=O)OCCSCCO.C=CC1CC1(C(=O)OCC)C(=O)OCCC(=O)O.C=CC1CC1(C(=O)OCC)C(=O)OCCOC(=O)CCC(=O)O. The lowest BCUT2D eigenvalue weighted by Crippen LogP contribution is -2.32. The minimum atomic E-state index is -1.40. The first-order valence-electron chi connectivity index (χ1n) is 42.3. The summed E-state index contributed by atoms with van der Waals surface area (Å²) in [6.45, 7) is 30.8. The number of hydrogen-bond donors (Lipinski definition) is 9. The molecule has 0 aromatic heterocycles. The van der Waals surface area contributed by atoms with Gasteiger partial charge in [0.15, 0.2) is 38.3 Å². The molecule has 0 saturated heterocycles. The Hall–Kier alpha value is -10.6. The molecule has 15 unspecified atom stereocenters. The number of rotatable bonds is 57. The van der Waals surface area contributed by atoms with Crippen molar-refractivity contribution in [3.8, 4) is 0 Å². The number of hydrogen-bond acceptors (Lipinski definition) is 38. The Morgan fingerprint density at radius 1 is 0.331 bits per heavy atom. The second kappa shape index (κ2) is 59.7. The fourth-order valence-corrected chi connectivity index (χ4v) is 13.7. The van der Waals surface area contributed by atoms with Gasteiger partial charge in [0.25, 0.3) is 0 Å². The van der Waals surface area contributed by atoms with Gasteiger partial charge in [-0.25, -0.2) is 0 Å². The average molecular weight is 1870 g/mol. The van der Waals surface area contributed by atoms with E-state index in [-0.39, 0.29) is 191 Å². The topological polar surface area (TPSA) is 601 Å². The molecule has 0 bridgehead atoms. The number of ether oxygens (including phenoxy) is 14. The van der Waals surface area contributed by atoms with Crippen molar-refractivity contribution in [3.05, 3.63) is 88.6 Å². The van der Waals surface area contributed by atoms with Crippen molar-refractivity contribution in [1.29, 1.82) is 0 Å². The molecule has 7 saturated carbocycles. The van der Waals surface area contributed by atoms with Crippen LogP contribution in [0.1, 0.15) is 136 Å². The number of methoxy groups -OCH3 is 3. The van der Waals surface area contributed by atoms with Crippen LogP contribution in [0.4, 0.5) is 0 Å². The van der Waals surface area contributed by atoms with Gasteiger partial charge in [-0.1, -0.05) is 55.9 Å². The number of esters is 13. The summed E-state index contributed by atoms with van der Waals surface area (Å²) in [6.07, 6.45) is 16.0. The minimum Gasteiger partial charge on any atom is -0.481 e. The molecule has 0 heterocycles. The predicted molar refractivity (Wildman–Crippen MR) is 456 cm³/mol. The molecule has 0 spiro atoms. The van der Waals surface area contributed by atoms with Crippen molar-refractivity contribution < 1.29 is 194 Å². The summed E-state index contributed by atoms with van der Waals surface area (Å²) >= 11 is 1.48. The van der Waals surface area contributed by atoms with Gasteiger partial charge in [-0.05, 0) is 90.9 Å². The molecule has 7 fully saturated rings. The smallest absolute Gasteiger partial charge is 0.324 e. The molecule has 0 aromatic rings. The van der Waals surface area contributed by atoms with Crippen molar-refractivity contribution in [3.63, 3.8) is 0 Å². The second-order valence-electron chi connectivity index (χ2n) is 30.2. The Morgan fingerprint density at radius 2 is 0.654 bits per heavy atom. The van der Waals surface area contributed by atoms with Crippen molar-refractivity contribution in [1.82, 2.24) is 0 Å². The molecule has 7 aliphatic rings. The number of carboxylic acids is 3. The zero-order valence-electron chi connectivity index (χ0n) is 74.9. The van der Waals surface area contributed by atoms with Crippen molar-refractivity contribution in [2.45, 2.75) is 142 Å². The number of allylic oxidation sites excluding steroid dienone is 7. The monoisotopic (exact) mass is 1870 g/mol. The number of carboxylic acid groups (broad SMARTS) is 3. The van der Waals surface area contributed by atoms with E-state index >= 15 is 0 Å². The number of carbonyl (C=O) groups is 17. The van der Waals surface area contributed by atoms with Gasteiger partial charge in [0, 0.05) is 79.0 Å². The van der Waals surface area contributed by atoms with Crippen LogP contribution in [0.2, 0.25) is 0 Å². The highest BCUT2D eigenvalue weighted by atomic mass is 32.2. The van der Waals surface area contributed by atoms with E-state index in [0.29, 0.717) is 75.7 Å². The van der Waals surface area contributed by atoms with E-state index in [1.807, 2.05) is 6.92 Å². The third-order valence-corrected chi connectivity index (χ3v) is 22.7. The Kier molecular flexibility index (Phi) is 53.9. The maximum atomic E-state index is 12.2. The molecule has 41 heteroatoms. The van der Waals surface area contributed by atoms with Crippen molar-refractivity contribution in [2.24, 2.45) is 79.3 Å². The van der Waals surface area contributed by atoms with E-state index in [9.17, 15) is 81.5 Å². The summed E-state index contributed by atoms with van der Waals surface area (Å²) in [5, 5.41) is 77.8. The van der Waals surface area contributed by atoms with Crippen LogP contribution in [0.25, 0.3) is 0 Å². The van der Waals surface area contributed by atoms with Gasteiger partial charge in [0.05, 0.1) is 113 Å². The fraction of sp³-hybridized carbons (Fsp3) is 0.652. The maximum Gasteiger partial charge on any atom is 0.324 e. The molecule has 7 aliphatic carbocycles. The maximum absolute atomic E-state index is 12.2. The summed E-state index contributed by atoms with van der Waals surface area (Å²) in [5.74, 6) is -11.9. The number of Topliss-reactive ketones (excluding diaryl/α,β-unsaturated/α-hetero) is 1. The van der Waals surface area contributed by atoms with E-state index < -0.39 is 146 Å². The normalized spacial score (nSPS) is 25.1. The molecule has 0 aliphatic heterocycles. The predicted octanol–water partition coefficient (Wildman–Crippen LogP) is 4.45. The number of aliphatic hydroxyl groups is 6. The van der Waals surface area contributed by atoms with E-state index in [1.54, 1.807) is 32.1 Å². The fourth-order valence-electron chi connectivity index (χ4n) is 13.2. The molecule has 15 atom stereocenters. The van der Waals surface area contributed by atoms with Gasteiger partial charge in [-0.3, -0.25) is 81.5 Å². The second-order valence-corrected chi connectivity index (χ2v) is 31.5. The quantitative estimate of drug-likeness (QED) is 0.0133. The van der Waals surface area contributed by atoms with E-state index in [0.717, 1.165) is 12.8 Å². The number of unbranched alkanes of at least 4 members (excludes halogenated alkanes) is 3.